The smallest absolute Gasteiger partial charge is 0.285 e. The summed E-state index contributed by atoms with van der Waals surface area (Å²) in [7, 11) is -1.75. The van der Waals surface area contributed by atoms with E-state index in [-0.39, 0.29) is 4.90 Å². The summed E-state index contributed by atoms with van der Waals surface area (Å²) in [5, 5.41) is 0. The minimum atomic E-state index is -3.57. The van der Waals surface area contributed by atoms with E-state index in [1.54, 1.807) is 18.2 Å². The van der Waals surface area contributed by atoms with Gasteiger partial charge >= 0.3 is 0 Å². The predicted molar refractivity (Wildman–Crippen MR) is 82.5 cm³/mol. The van der Waals surface area contributed by atoms with Crippen molar-refractivity contribution in [3.05, 3.63) is 59.7 Å². The van der Waals surface area contributed by atoms with E-state index in [4.69, 9.17) is 5.73 Å². The summed E-state index contributed by atoms with van der Waals surface area (Å²) in [6.07, 6.45) is 0. The van der Waals surface area contributed by atoms with Gasteiger partial charge in [0.2, 0.25) is 0 Å². The van der Waals surface area contributed by atoms with Crippen LogP contribution in [0.3, 0.4) is 0 Å². The molecular formula is C15H15N3O2S. The Balaban J connectivity index is 1.92. The van der Waals surface area contributed by atoms with Gasteiger partial charge in [-0.05, 0) is 29.8 Å². The number of benzene rings is 2. The number of fused-ring (bicyclic) bond motifs is 1. The second-order valence-corrected chi connectivity index (χ2v) is 6.56. The van der Waals surface area contributed by atoms with Crippen LogP contribution in [0.2, 0.25) is 0 Å². The number of nitrogens with zero attached hydrogens (tertiary/aromatic N) is 2. The van der Waals surface area contributed by atoms with Gasteiger partial charge in [-0.25, -0.2) is 0 Å². The number of nitrogens with two attached hydrogens (primary N) is 1. The molecule has 0 spiro atoms. The fourth-order valence-corrected chi connectivity index (χ4v) is 3.59. The maximum absolute atomic E-state index is 12.0. The lowest BCUT2D eigenvalue weighted by molar-refractivity contribution is 0.502. The maximum Gasteiger partial charge on any atom is 0.285 e. The average Bonchev–Trinajstić information content (AvgIpc) is 2.74. The van der Waals surface area contributed by atoms with Crippen molar-refractivity contribution in [2.45, 2.75) is 11.4 Å². The third kappa shape index (κ3) is 2.50. The third-order valence-corrected chi connectivity index (χ3v) is 4.70. The summed E-state index contributed by atoms with van der Waals surface area (Å²) in [4.78, 5) is 2.10. The Hall–Kier alpha value is -2.34. The van der Waals surface area contributed by atoms with Crippen LogP contribution < -0.4 is 5.73 Å². The number of hydrogen-bond acceptors (Lipinski definition) is 4. The van der Waals surface area contributed by atoms with E-state index >= 15 is 0 Å². The zero-order chi connectivity index (χ0) is 15.0. The molecule has 1 aliphatic rings. The molecule has 0 radical (unpaired) electrons. The number of nitrogen functional groups attached to an aromatic ring is 1. The summed E-state index contributed by atoms with van der Waals surface area (Å²) in [6, 6.07) is 14.4. The first kappa shape index (κ1) is 13.6. The van der Waals surface area contributed by atoms with E-state index in [0.29, 0.717) is 23.6 Å². The lowest BCUT2D eigenvalue weighted by atomic mass is 10.1. The quantitative estimate of drug-likeness (QED) is 0.859. The number of hydrogen-bond donors (Lipinski definition) is 1. The number of amidine groups is 1. The van der Waals surface area contributed by atoms with Crippen molar-refractivity contribution in [2.24, 2.45) is 4.40 Å². The number of rotatable bonds is 2. The van der Waals surface area contributed by atoms with Gasteiger partial charge in [-0.1, -0.05) is 24.3 Å². The fourth-order valence-electron chi connectivity index (χ4n) is 2.34. The molecule has 0 saturated carbocycles. The minimum absolute atomic E-state index is 0.268. The molecule has 1 aliphatic heterocycles. The Labute approximate surface area is 123 Å². The molecule has 5 nitrogen and oxygen atoms in total. The first-order valence-electron chi connectivity index (χ1n) is 6.47. The van der Waals surface area contributed by atoms with E-state index in [0.717, 1.165) is 5.56 Å². The van der Waals surface area contributed by atoms with E-state index < -0.39 is 10.0 Å². The zero-order valence-electron chi connectivity index (χ0n) is 11.5. The van der Waals surface area contributed by atoms with Crippen LogP contribution >= 0.6 is 0 Å². The largest absolute Gasteiger partial charge is 0.399 e. The number of sulfonamides is 1. The molecule has 0 aliphatic carbocycles. The molecule has 0 atom stereocenters. The van der Waals surface area contributed by atoms with E-state index in [1.807, 2.05) is 42.3 Å². The Kier molecular flexibility index (Phi) is 3.17. The van der Waals surface area contributed by atoms with Crippen molar-refractivity contribution in [2.75, 3.05) is 12.8 Å². The zero-order valence-corrected chi connectivity index (χ0v) is 12.3. The Morgan fingerprint density at radius 2 is 1.76 bits per heavy atom. The molecule has 2 aromatic carbocycles. The molecule has 0 bridgehead atoms. The van der Waals surface area contributed by atoms with Gasteiger partial charge in [0.05, 0.1) is 0 Å². The molecule has 0 aromatic heterocycles. The van der Waals surface area contributed by atoms with Crippen molar-refractivity contribution >= 4 is 21.5 Å². The first-order valence-corrected chi connectivity index (χ1v) is 7.91. The monoisotopic (exact) mass is 301 g/mol. The van der Waals surface area contributed by atoms with Gasteiger partial charge in [0, 0.05) is 24.8 Å². The fraction of sp³-hybridized carbons (Fsp3) is 0.133. The summed E-state index contributed by atoms with van der Waals surface area (Å²) in [6.45, 7) is 0.558. The van der Waals surface area contributed by atoms with Crippen LogP contribution in [-0.2, 0) is 16.6 Å². The molecule has 2 N–H and O–H groups in total. The molecule has 2 aromatic rings. The molecule has 0 fully saturated rings. The maximum atomic E-state index is 12.0. The van der Waals surface area contributed by atoms with Crippen molar-refractivity contribution < 1.29 is 8.42 Å². The van der Waals surface area contributed by atoms with Gasteiger partial charge in [-0.15, -0.1) is 4.40 Å². The average molecular weight is 301 g/mol. The lowest BCUT2D eigenvalue weighted by Gasteiger charge is -2.19. The van der Waals surface area contributed by atoms with Crippen LogP contribution in [-0.4, -0.2) is 26.2 Å². The molecule has 0 unspecified atom stereocenters. The second-order valence-electron chi connectivity index (χ2n) is 4.98. The molecule has 0 saturated heterocycles. The van der Waals surface area contributed by atoms with Crippen molar-refractivity contribution in [1.29, 1.82) is 0 Å². The van der Waals surface area contributed by atoms with E-state index in [9.17, 15) is 8.42 Å². The van der Waals surface area contributed by atoms with Crippen LogP contribution in [0.5, 0.6) is 0 Å². The van der Waals surface area contributed by atoms with Crippen molar-refractivity contribution in [3.63, 3.8) is 0 Å². The third-order valence-electron chi connectivity index (χ3n) is 3.37. The summed E-state index contributed by atoms with van der Waals surface area (Å²) in [5.41, 5.74) is 8.05. The van der Waals surface area contributed by atoms with E-state index in [1.165, 1.54) is 0 Å². The van der Waals surface area contributed by atoms with Crippen LogP contribution in [0.15, 0.2) is 57.8 Å². The Morgan fingerprint density at radius 1 is 1.10 bits per heavy atom. The van der Waals surface area contributed by atoms with Gasteiger partial charge in [-0.3, -0.25) is 0 Å². The normalized spacial score (nSPS) is 15.4. The highest BCUT2D eigenvalue weighted by Gasteiger charge is 2.30. The Bertz CT molecular complexity index is 811. The standard InChI is InChI=1S/C15H15N3O2S/c1-18(10-11-6-8-12(16)9-7-11)15-13-4-2-3-5-14(13)21(19,20)17-15/h2-9H,10,16H2,1H3. The molecular weight excluding hydrogens is 286 g/mol. The Morgan fingerprint density at radius 3 is 2.48 bits per heavy atom. The molecule has 21 heavy (non-hydrogen) atoms. The van der Waals surface area contributed by atoms with Gasteiger partial charge in [0.1, 0.15) is 4.90 Å². The highest BCUT2D eigenvalue weighted by atomic mass is 32.2. The molecule has 3 rings (SSSR count). The van der Waals surface area contributed by atoms with Crippen molar-refractivity contribution in [1.82, 2.24) is 4.90 Å². The number of anilines is 1. The SMILES string of the molecule is CN(Cc1ccc(N)cc1)C1=NS(=O)(=O)c2ccccc21. The van der Waals surface area contributed by atoms with Gasteiger partial charge < -0.3 is 10.6 Å². The van der Waals surface area contributed by atoms with Gasteiger partial charge in [0.25, 0.3) is 10.0 Å². The highest BCUT2D eigenvalue weighted by molar-refractivity contribution is 7.90. The minimum Gasteiger partial charge on any atom is -0.399 e. The highest BCUT2D eigenvalue weighted by Crippen LogP contribution is 2.27. The van der Waals surface area contributed by atoms with Crippen molar-refractivity contribution in [3.8, 4) is 0 Å². The molecule has 0 amide bonds. The van der Waals surface area contributed by atoms with Crippen LogP contribution in [0.1, 0.15) is 11.1 Å². The van der Waals surface area contributed by atoms with Gasteiger partial charge in [-0.2, -0.15) is 8.42 Å². The first-order chi connectivity index (χ1) is 9.97. The molecule has 6 heteroatoms. The van der Waals surface area contributed by atoms with Crippen LogP contribution in [0.25, 0.3) is 0 Å². The topological polar surface area (TPSA) is 75.8 Å². The lowest BCUT2D eigenvalue weighted by Crippen LogP contribution is -2.26. The van der Waals surface area contributed by atoms with Crippen LogP contribution in [0.4, 0.5) is 5.69 Å². The van der Waals surface area contributed by atoms with Gasteiger partial charge in [0.15, 0.2) is 5.84 Å². The molecule has 108 valence electrons. The predicted octanol–water partition coefficient (Wildman–Crippen LogP) is 1.85. The van der Waals surface area contributed by atoms with Crippen LogP contribution in [0, 0.1) is 0 Å². The summed E-state index contributed by atoms with van der Waals surface area (Å²) in [5.74, 6) is 0.474. The molecule has 1 heterocycles. The van der Waals surface area contributed by atoms with E-state index in [2.05, 4.69) is 4.40 Å². The second kappa shape index (κ2) is 4.89. The summed E-state index contributed by atoms with van der Waals surface area (Å²) >= 11 is 0. The summed E-state index contributed by atoms with van der Waals surface area (Å²) < 4.78 is 28.0.